The van der Waals surface area contributed by atoms with Crippen molar-refractivity contribution in [3.8, 4) is 5.75 Å². The molecule has 0 aliphatic rings. The van der Waals surface area contributed by atoms with E-state index in [1.165, 1.54) is 0 Å². The zero-order chi connectivity index (χ0) is 8.55. The number of fused-ring (bicyclic) bond motifs is 1. The van der Waals surface area contributed by atoms with Crippen LogP contribution in [0.15, 0.2) is 22.1 Å². The van der Waals surface area contributed by atoms with Gasteiger partial charge in [0.05, 0.1) is 27.3 Å². The second-order valence-corrected chi connectivity index (χ2v) is 4.05. The number of benzene rings is 1. The van der Waals surface area contributed by atoms with Gasteiger partial charge in [0.25, 0.3) is 0 Å². The average Bonchev–Trinajstić information content (AvgIpc) is 2.49. The van der Waals surface area contributed by atoms with Crippen LogP contribution in [-0.4, -0.2) is 12.1 Å². The van der Waals surface area contributed by atoms with Crippen LogP contribution < -0.4 is 4.74 Å². The molecule has 0 aliphatic carbocycles. The molecular formula is C8H6BrNOS. The molecule has 1 aromatic carbocycles. The Morgan fingerprint density at radius 3 is 3.08 bits per heavy atom. The molecule has 12 heavy (non-hydrogen) atoms. The number of hydrogen-bond donors (Lipinski definition) is 0. The fourth-order valence-corrected chi connectivity index (χ4v) is 2.20. The van der Waals surface area contributed by atoms with E-state index in [0.29, 0.717) is 0 Å². The Morgan fingerprint density at radius 1 is 1.50 bits per heavy atom. The van der Waals surface area contributed by atoms with E-state index >= 15 is 0 Å². The van der Waals surface area contributed by atoms with Crippen LogP contribution in [0.2, 0.25) is 0 Å². The lowest BCUT2D eigenvalue weighted by Crippen LogP contribution is -1.83. The lowest BCUT2D eigenvalue weighted by molar-refractivity contribution is 0.413. The van der Waals surface area contributed by atoms with Gasteiger partial charge in [0.2, 0.25) is 0 Å². The minimum Gasteiger partial charge on any atom is -0.496 e. The Kier molecular flexibility index (Phi) is 2.02. The molecule has 0 atom stereocenters. The van der Waals surface area contributed by atoms with Crippen LogP contribution >= 0.6 is 27.3 Å². The third-order valence-electron chi connectivity index (χ3n) is 1.60. The molecule has 1 heterocycles. The van der Waals surface area contributed by atoms with Crippen LogP contribution in [0.25, 0.3) is 10.2 Å². The van der Waals surface area contributed by atoms with Crippen LogP contribution in [0.1, 0.15) is 0 Å². The molecule has 1 aromatic heterocycles. The van der Waals surface area contributed by atoms with Gasteiger partial charge in [0.15, 0.2) is 0 Å². The van der Waals surface area contributed by atoms with Gasteiger partial charge in [-0.3, -0.25) is 0 Å². The Balaban J connectivity index is 2.73. The van der Waals surface area contributed by atoms with Crippen LogP contribution in [-0.2, 0) is 0 Å². The van der Waals surface area contributed by atoms with Gasteiger partial charge in [-0.1, -0.05) is 0 Å². The van der Waals surface area contributed by atoms with Gasteiger partial charge in [-0.05, 0) is 22.0 Å². The smallest absolute Gasteiger partial charge is 0.134 e. The summed E-state index contributed by atoms with van der Waals surface area (Å²) >= 11 is 5.02. The summed E-state index contributed by atoms with van der Waals surface area (Å²) in [5.74, 6) is 0.853. The van der Waals surface area contributed by atoms with Crippen molar-refractivity contribution >= 4 is 37.5 Å². The number of ether oxygens (including phenoxy) is 1. The average molecular weight is 244 g/mol. The predicted octanol–water partition coefficient (Wildman–Crippen LogP) is 3.07. The van der Waals surface area contributed by atoms with E-state index in [0.717, 1.165) is 20.4 Å². The lowest BCUT2D eigenvalue weighted by Gasteiger charge is -2.01. The highest BCUT2D eigenvalue weighted by molar-refractivity contribution is 9.10. The number of rotatable bonds is 1. The Hall–Kier alpha value is -0.610. The van der Waals surface area contributed by atoms with E-state index in [1.807, 2.05) is 17.6 Å². The second kappa shape index (κ2) is 3.03. The summed E-state index contributed by atoms with van der Waals surface area (Å²) in [5.41, 5.74) is 2.84. The zero-order valence-electron chi connectivity index (χ0n) is 6.37. The summed E-state index contributed by atoms with van der Waals surface area (Å²) in [7, 11) is 1.66. The molecule has 0 saturated heterocycles. The summed E-state index contributed by atoms with van der Waals surface area (Å²) in [6.07, 6.45) is 0. The van der Waals surface area contributed by atoms with Crippen molar-refractivity contribution in [3.63, 3.8) is 0 Å². The van der Waals surface area contributed by atoms with Crippen molar-refractivity contribution in [1.82, 2.24) is 4.98 Å². The van der Waals surface area contributed by atoms with Crippen LogP contribution in [0.5, 0.6) is 5.75 Å². The molecule has 62 valence electrons. The monoisotopic (exact) mass is 243 g/mol. The minimum absolute atomic E-state index is 0.853. The van der Waals surface area contributed by atoms with Crippen LogP contribution in [0, 0.1) is 0 Å². The molecule has 0 N–H and O–H groups in total. The van der Waals surface area contributed by atoms with Crippen LogP contribution in [0.3, 0.4) is 0 Å². The van der Waals surface area contributed by atoms with Gasteiger partial charge in [-0.15, -0.1) is 11.3 Å². The van der Waals surface area contributed by atoms with E-state index in [9.17, 15) is 0 Å². The van der Waals surface area contributed by atoms with Gasteiger partial charge in [-0.25, -0.2) is 4.98 Å². The first-order chi connectivity index (χ1) is 5.81. The molecule has 2 nitrogen and oxygen atoms in total. The third kappa shape index (κ3) is 1.21. The largest absolute Gasteiger partial charge is 0.496 e. The molecule has 0 radical (unpaired) electrons. The number of thiazole rings is 1. The summed E-state index contributed by atoms with van der Waals surface area (Å²) < 4.78 is 7.25. The maximum atomic E-state index is 5.15. The summed E-state index contributed by atoms with van der Waals surface area (Å²) in [4.78, 5) is 4.19. The molecule has 0 bridgehead atoms. The molecule has 0 saturated carbocycles. The normalized spacial score (nSPS) is 10.5. The Labute approximate surface area is 82.3 Å². The second-order valence-electron chi connectivity index (χ2n) is 2.31. The highest BCUT2D eigenvalue weighted by Gasteiger charge is 2.03. The van der Waals surface area contributed by atoms with E-state index in [4.69, 9.17) is 4.74 Å². The summed E-state index contributed by atoms with van der Waals surface area (Å²) in [6.45, 7) is 0. The Morgan fingerprint density at radius 2 is 2.33 bits per heavy atom. The van der Waals surface area contributed by atoms with Gasteiger partial charge >= 0.3 is 0 Å². The lowest BCUT2D eigenvalue weighted by atomic mass is 10.3. The molecule has 0 unspecified atom stereocenters. The fraction of sp³-hybridized carbons (Fsp3) is 0.125. The minimum atomic E-state index is 0.853. The maximum absolute atomic E-state index is 5.15. The van der Waals surface area contributed by atoms with E-state index in [-0.39, 0.29) is 0 Å². The fourth-order valence-electron chi connectivity index (χ4n) is 1.02. The highest BCUT2D eigenvalue weighted by atomic mass is 79.9. The molecule has 0 spiro atoms. The quantitative estimate of drug-likeness (QED) is 0.769. The summed E-state index contributed by atoms with van der Waals surface area (Å²) in [5, 5.41) is 0. The Bertz CT molecular complexity index is 412. The molecule has 4 heteroatoms. The zero-order valence-corrected chi connectivity index (χ0v) is 8.78. The number of aromatic nitrogens is 1. The first-order valence-corrected chi connectivity index (χ1v) is 5.05. The van der Waals surface area contributed by atoms with Crippen molar-refractivity contribution < 1.29 is 4.74 Å². The maximum Gasteiger partial charge on any atom is 0.134 e. The molecule has 0 fully saturated rings. The topological polar surface area (TPSA) is 22.1 Å². The number of nitrogens with zero attached hydrogens (tertiary/aromatic N) is 1. The van der Waals surface area contributed by atoms with Gasteiger partial charge in [0, 0.05) is 6.07 Å². The van der Waals surface area contributed by atoms with Crippen molar-refractivity contribution in [2.24, 2.45) is 0 Å². The standard InChI is InChI=1S/C8H6BrNOS/c1-11-7-3-8-6(2-5(7)9)10-4-12-8/h2-4H,1H3. The summed E-state index contributed by atoms with van der Waals surface area (Å²) in [6, 6.07) is 3.95. The van der Waals surface area contributed by atoms with Gasteiger partial charge in [0.1, 0.15) is 5.75 Å². The van der Waals surface area contributed by atoms with E-state index in [2.05, 4.69) is 20.9 Å². The van der Waals surface area contributed by atoms with E-state index in [1.54, 1.807) is 18.4 Å². The van der Waals surface area contributed by atoms with Crippen molar-refractivity contribution in [2.75, 3.05) is 7.11 Å². The highest BCUT2D eigenvalue weighted by Crippen LogP contribution is 2.31. The van der Waals surface area contributed by atoms with Crippen molar-refractivity contribution in [1.29, 1.82) is 0 Å². The molecule has 2 aromatic rings. The molecular weight excluding hydrogens is 238 g/mol. The van der Waals surface area contributed by atoms with Crippen molar-refractivity contribution in [2.45, 2.75) is 0 Å². The predicted molar refractivity (Wildman–Crippen MR) is 53.9 cm³/mol. The number of hydrogen-bond acceptors (Lipinski definition) is 3. The van der Waals surface area contributed by atoms with Gasteiger partial charge in [-0.2, -0.15) is 0 Å². The van der Waals surface area contributed by atoms with E-state index < -0.39 is 0 Å². The first-order valence-electron chi connectivity index (χ1n) is 3.38. The molecule has 0 amide bonds. The molecule has 2 rings (SSSR count). The number of methoxy groups -OCH3 is 1. The third-order valence-corrected chi connectivity index (χ3v) is 3.02. The van der Waals surface area contributed by atoms with Gasteiger partial charge < -0.3 is 4.74 Å². The number of halogens is 1. The molecule has 0 aliphatic heterocycles. The van der Waals surface area contributed by atoms with Crippen molar-refractivity contribution in [3.05, 3.63) is 22.1 Å². The SMILES string of the molecule is COc1cc2scnc2cc1Br. The van der Waals surface area contributed by atoms with Crippen LogP contribution in [0.4, 0.5) is 0 Å². The first kappa shape index (κ1) is 8.01.